The van der Waals surface area contributed by atoms with Gasteiger partial charge in [0.05, 0.1) is 5.52 Å². The van der Waals surface area contributed by atoms with Gasteiger partial charge in [0.25, 0.3) is 0 Å². The van der Waals surface area contributed by atoms with E-state index in [1.165, 1.54) is 17.4 Å². The SMILES string of the molecule is O=C(Cn1c(=O)oc2ccccc21)N1CCN(c2ccnc(N3CCCC3)n2)CC1. The number of hydrogen-bond donors (Lipinski definition) is 0. The van der Waals surface area contributed by atoms with Crippen molar-refractivity contribution in [1.82, 2.24) is 19.4 Å². The molecule has 0 saturated carbocycles. The van der Waals surface area contributed by atoms with Crippen LogP contribution in [0.25, 0.3) is 11.1 Å². The van der Waals surface area contributed by atoms with Gasteiger partial charge in [-0.15, -0.1) is 0 Å². The van der Waals surface area contributed by atoms with Gasteiger partial charge >= 0.3 is 5.76 Å². The Morgan fingerprint density at radius 3 is 2.53 bits per heavy atom. The van der Waals surface area contributed by atoms with Gasteiger partial charge in [0.15, 0.2) is 5.58 Å². The molecule has 156 valence electrons. The summed E-state index contributed by atoms with van der Waals surface area (Å²) in [5.74, 6) is 1.10. The van der Waals surface area contributed by atoms with Crippen molar-refractivity contribution in [3.63, 3.8) is 0 Å². The largest absolute Gasteiger partial charge is 0.420 e. The predicted octanol–water partition coefficient (Wildman–Crippen LogP) is 1.33. The van der Waals surface area contributed by atoms with Gasteiger partial charge in [-0.1, -0.05) is 12.1 Å². The lowest BCUT2D eigenvalue weighted by atomic mass is 10.3. The zero-order valence-electron chi connectivity index (χ0n) is 16.7. The number of amides is 1. The minimum absolute atomic E-state index is 0.0114. The van der Waals surface area contributed by atoms with E-state index < -0.39 is 5.76 Å². The zero-order valence-corrected chi connectivity index (χ0v) is 16.7. The lowest BCUT2D eigenvalue weighted by Gasteiger charge is -2.35. The van der Waals surface area contributed by atoms with Crippen molar-refractivity contribution >= 4 is 28.8 Å². The number of fused-ring (bicyclic) bond motifs is 1. The van der Waals surface area contributed by atoms with Crippen molar-refractivity contribution in [2.24, 2.45) is 0 Å². The molecule has 0 radical (unpaired) electrons. The molecule has 3 aromatic rings. The summed E-state index contributed by atoms with van der Waals surface area (Å²) in [7, 11) is 0. The molecule has 30 heavy (non-hydrogen) atoms. The minimum atomic E-state index is -0.501. The summed E-state index contributed by atoms with van der Waals surface area (Å²) in [5.41, 5.74) is 1.14. The molecule has 2 aliphatic heterocycles. The van der Waals surface area contributed by atoms with Gasteiger partial charge in [-0.3, -0.25) is 9.36 Å². The second-order valence-electron chi connectivity index (χ2n) is 7.70. The molecule has 2 aromatic heterocycles. The summed E-state index contributed by atoms with van der Waals surface area (Å²) in [6, 6.07) is 9.08. The van der Waals surface area contributed by atoms with Crippen LogP contribution in [0.4, 0.5) is 11.8 Å². The highest BCUT2D eigenvalue weighted by molar-refractivity contribution is 5.79. The predicted molar refractivity (Wildman–Crippen MR) is 113 cm³/mol. The molecule has 1 amide bonds. The number of carbonyl (C=O) groups excluding carboxylic acids is 1. The molecule has 9 heteroatoms. The van der Waals surface area contributed by atoms with Gasteiger partial charge in [0.2, 0.25) is 11.9 Å². The Kier molecular flexibility index (Phi) is 4.86. The number of para-hydroxylation sites is 2. The first-order valence-corrected chi connectivity index (χ1v) is 10.4. The van der Waals surface area contributed by atoms with Crippen LogP contribution >= 0.6 is 0 Å². The molecule has 5 rings (SSSR count). The summed E-state index contributed by atoms with van der Waals surface area (Å²) in [6.07, 6.45) is 4.18. The van der Waals surface area contributed by atoms with Crippen molar-refractivity contribution in [3.8, 4) is 0 Å². The maximum atomic E-state index is 12.8. The number of hydrogen-bond acceptors (Lipinski definition) is 7. The number of nitrogens with zero attached hydrogens (tertiary/aromatic N) is 6. The fraction of sp³-hybridized carbons (Fsp3) is 0.429. The Bertz CT molecular complexity index is 1110. The van der Waals surface area contributed by atoms with E-state index in [1.807, 2.05) is 18.3 Å². The monoisotopic (exact) mass is 408 g/mol. The first kappa shape index (κ1) is 18.7. The van der Waals surface area contributed by atoms with E-state index in [1.54, 1.807) is 23.1 Å². The maximum Gasteiger partial charge on any atom is 0.420 e. The van der Waals surface area contributed by atoms with Gasteiger partial charge < -0.3 is 19.1 Å². The fourth-order valence-corrected chi connectivity index (χ4v) is 4.17. The van der Waals surface area contributed by atoms with Crippen molar-refractivity contribution in [2.75, 3.05) is 49.1 Å². The van der Waals surface area contributed by atoms with Gasteiger partial charge in [0, 0.05) is 45.5 Å². The molecule has 2 saturated heterocycles. The van der Waals surface area contributed by atoms with E-state index in [0.29, 0.717) is 37.3 Å². The number of anilines is 2. The Labute approximate surface area is 173 Å². The standard InChI is InChI=1S/C21H24N6O3/c28-19(15-27-16-5-1-2-6-17(16)30-21(27)29)25-13-11-24(12-14-25)18-7-8-22-20(23-18)26-9-3-4-10-26/h1-2,5-8H,3-4,9-15H2. The van der Waals surface area contributed by atoms with Gasteiger partial charge in [-0.25, -0.2) is 9.78 Å². The van der Waals surface area contributed by atoms with Crippen LogP contribution in [0.1, 0.15) is 12.8 Å². The molecule has 9 nitrogen and oxygen atoms in total. The van der Waals surface area contributed by atoms with E-state index in [9.17, 15) is 9.59 Å². The smallest absolute Gasteiger partial charge is 0.408 e. The van der Waals surface area contributed by atoms with Gasteiger partial charge in [0.1, 0.15) is 12.4 Å². The van der Waals surface area contributed by atoms with Crippen LogP contribution in [0.5, 0.6) is 0 Å². The second kappa shape index (κ2) is 7.81. The van der Waals surface area contributed by atoms with E-state index >= 15 is 0 Å². The minimum Gasteiger partial charge on any atom is -0.408 e. The van der Waals surface area contributed by atoms with E-state index in [2.05, 4.69) is 14.8 Å². The van der Waals surface area contributed by atoms with Crippen molar-refractivity contribution in [1.29, 1.82) is 0 Å². The molecular weight excluding hydrogens is 384 g/mol. The van der Waals surface area contributed by atoms with E-state index in [4.69, 9.17) is 9.40 Å². The van der Waals surface area contributed by atoms with Crippen LogP contribution < -0.4 is 15.6 Å². The maximum absolute atomic E-state index is 12.8. The molecule has 2 fully saturated rings. The van der Waals surface area contributed by atoms with Crippen LogP contribution in [0.2, 0.25) is 0 Å². The van der Waals surface area contributed by atoms with Crippen molar-refractivity contribution in [2.45, 2.75) is 19.4 Å². The topological polar surface area (TPSA) is 87.7 Å². The van der Waals surface area contributed by atoms with Crippen LogP contribution in [-0.2, 0) is 11.3 Å². The first-order chi connectivity index (χ1) is 14.7. The number of rotatable bonds is 4. The number of carbonyl (C=O) groups is 1. The molecule has 0 atom stereocenters. The molecule has 0 spiro atoms. The molecule has 1 aromatic carbocycles. The lowest BCUT2D eigenvalue weighted by molar-refractivity contribution is -0.132. The van der Waals surface area contributed by atoms with Crippen molar-refractivity contribution in [3.05, 3.63) is 47.1 Å². The van der Waals surface area contributed by atoms with Gasteiger partial charge in [-0.2, -0.15) is 4.98 Å². The summed E-state index contributed by atoms with van der Waals surface area (Å²) in [5, 5.41) is 0. The first-order valence-electron chi connectivity index (χ1n) is 10.4. The molecule has 0 bridgehead atoms. The van der Waals surface area contributed by atoms with Crippen LogP contribution in [0.3, 0.4) is 0 Å². The summed E-state index contributed by atoms with van der Waals surface area (Å²) in [4.78, 5) is 40.3. The number of oxazole rings is 1. The zero-order chi connectivity index (χ0) is 20.5. The molecule has 0 unspecified atom stereocenters. The Hall–Kier alpha value is -3.36. The van der Waals surface area contributed by atoms with Crippen molar-refractivity contribution < 1.29 is 9.21 Å². The molecule has 2 aliphatic rings. The Morgan fingerprint density at radius 2 is 1.73 bits per heavy atom. The third-order valence-corrected chi connectivity index (χ3v) is 5.84. The van der Waals surface area contributed by atoms with Gasteiger partial charge in [-0.05, 0) is 31.0 Å². The molecule has 0 N–H and O–H groups in total. The molecule has 0 aliphatic carbocycles. The number of aromatic nitrogens is 3. The molecule has 4 heterocycles. The lowest BCUT2D eigenvalue weighted by Crippen LogP contribution is -2.50. The van der Waals surface area contributed by atoms with E-state index in [0.717, 1.165) is 24.9 Å². The number of benzene rings is 1. The van der Waals surface area contributed by atoms with Crippen LogP contribution in [0, 0.1) is 0 Å². The quantitative estimate of drug-likeness (QED) is 0.644. The average Bonchev–Trinajstić information content (AvgIpc) is 3.43. The summed E-state index contributed by atoms with van der Waals surface area (Å²) in [6.45, 7) is 4.58. The third-order valence-electron chi connectivity index (χ3n) is 5.84. The third kappa shape index (κ3) is 3.51. The highest BCUT2D eigenvalue weighted by atomic mass is 16.4. The second-order valence-corrected chi connectivity index (χ2v) is 7.70. The van der Waals surface area contributed by atoms with E-state index in [-0.39, 0.29) is 12.5 Å². The Balaban J connectivity index is 1.23. The Morgan fingerprint density at radius 1 is 0.967 bits per heavy atom. The average molecular weight is 408 g/mol. The summed E-state index contributed by atoms with van der Waals surface area (Å²) < 4.78 is 6.63. The highest BCUT2D eigenvalue weighted by Crippen LogP contribution is 2.20. The van der Waals surface area contributed by atoms with Crippen LogP contribution in [-0.4, -0.2) is 64.6 Å². The van der Waals surface area contributed by atoms with Crippen LogP contribution in [0.15, 0.2) is 45.7 Å². The highest BCUT2D eigenvalue weighted by Gasteiger charge is 2.24. The number of piperazine rings is 1. The summed E-state index contributed by atoms with van der Waals surface area (Å²) >= 11 is 0. The molecular formula is C21H24N6O3. The normalized spacial score (nSPS) is 17.1. The fourth-order valence-electron chi connectivity index (χ4n) is 4.17.